The zero-order valence-electron chi connectivity index (χ0n) is 26.6. The molecule has 2 heterocycles. The molecule has 0 saturated heterocycles. The second-order valence-electron chi connectivity index (χ2n) is 12.0. The molecule has 7 aromatic rings. The van der Waals surface area contributed by atoms with Gasteiger partial charge < -0.3 is 9.30 Å². The standard InChI is InChI=1S/C40H36N4O2/c1-5-46-38-21-27(4)35(22-34(38)26(2)3)39-42-36-19-10-8-18-33(36)40(45)44(39)41-23-30-25-43(37-20-11-9-17-32(30)37)24-29-15-12-14-28-13-6-7-16-31(28)29/h6-23,25-26H,5,24H2,1-4H3. The smallest absolute Gasteiger partial charge is 0.282 e. The van der Waals surface area contributed by atoms with Gasteiger partial charge in [0.1, 0.15) is 5.75 Å². The summed E-state index contributed by atoms with van der Waals surface area (Å²) in [6, 6.07) is 34.8. The highest BCUT2D eigenvalue weighted by Crippen LogP contribution is 2.34. The first-order chi connectivity index (χ1) is 22.4. The molecule has 0 bridgehead atoms. The molecule has 0 radical (unpaired) electrons. The largest absolute Gasteiger partial charge is 0.494 e. The zero-order chi connectivity index (χ0) is 31.8. The Bertz CT molecular complexity index is 2320. The van der Waals surface area contributed by atoms with Crippen molar-refractivity contribution in [3.05, 3.63) is 142 Å². The molecule has 0 spiro atoms. The average molecular weight is 605 g/mol. The van der Waals surface area contributed by atoms with E-state index < -0.39 is 0 Å². The SMILES string of the molecule is CCOc1cc(C)c(-c2nc3ccccc3c(=O)n2N=Cc2cn(Cc3cccc4ccccc34)c3ccccc23)cc1C(C)C. The van der Waals surface area contributed by atoms with E-state index in [1.54, 1.807) is 12.3 Å². The van der Waals surface area contributed by atoms with Crippen molar-refractivity contribution in [1.29, 1.82) is 0 Å². The molecule has 0 N–H and O–H groups in total. The quantitative estimate of drug-likeness (QED) is 0.163. The fourth-order valence-corrected chi connectivity index (χ4v) is 6.32. The van der Waals surface area contributed by atoms with E-state index in [0.29, 0.717) is 29.9 Å². The number of benzene rings is 5. The van der Waals surface area contributed by atoms with E-state index in [9.17, 15) is 4.79 Å². The minimum Gasteiger partial charge on any atom is -0.494 e. The van der Waals surface area contributed by atoms with Crippen LogP contribution >= 0.6 is 0 Å². The van der Waals surface area contributed by atoms with Gasteiger partial charge in [-0.15, -0.1) is 0 Å². The fraction of sp³-hybridized carbons (Fsp3) is 0.175. The lowest BCUT2D eigenvalue weighted by Gasteiger charge is -2.18. The van der Waals surface area contributed by atoms with E-state index in [2.05, 4.69) is 91.3 Å². The van der Waals surface area contributed by atoms with Crippen molar-refractivity contribution in [1.82, 2.24) is 14.2 Å². The molecule has 0 aliphatic carbocycles. The average Bonchev–Trinajstić information content (AvgIpc) is 3.41. The van der Waals surface area contributed by atoms with Gasteiger partial charge in [0, 0.05) is 34.8 Å². The monoisotopic (exact) mass is 604 g/mol. The van der Waals surface area contributed by atoms with E-state index >= 15 is 0 Å². The van der Waals surface area contributed by atoms with Gasteiger partial charge in [0.15, 0.2) is 5.82 Å². The van der Waals surface area contributed by atoms with Gasteiger partial charge in [0.05, 0.1) is 23.7 Å². The maximum atomic E-state index is 14.1. The molecule has 0 fully saturated rings. The molecule has 5 aromatic carbocycles. The van der Waals surface area contributed by atoms with E-state index in [4.69, 9.17) is 14.8 Å². The zero-order valence-corrected chi connectivity index (χ0v) is 26.6. The van der Waals surface area contributed by atoms with Crippen LogP contribution in [-0.4, -0.2) is 27.0 Å². The number of fused-ring (bicyclic) bond motifs is 3. The summed E-state index contributed by atoms with van der Waals surface area (Å²) in [5.41, 5.74) is 6.58. The van der Waals surface area contributed by atoms with Crippen molar-refractivity contribution in [2.24, 2.45) is 5.10 Å². The topological polar surface area (TPSA) is 61.4 Å². The van der Waals surface area contributed by atoms with Gasteiger partial charge in [0.2, 0.25) is 0 Å². The lowest BCUT2D eigenvalue weighted by atomic mass is 9.96. The van der Waals surface area contributed by atoms with Crippen LogP contribution < -0.4 is 10.3 Å². The molecular formula is C40H36N4O2. The molecule has 0 unspecified atom stereocenters. The van der Waals surface area contributed by atoms with Crippen LogP contribution in [-0.2, 0) is 6.54 Å². The van der Waals surface area contributed by atoms with E-state index in [-0.39, 0.29) is 11.5 Å². The van der Waals surface area contributed by atoms with Crippen molar-refractivity contribution in [2.45, 2.75) is 40.2 Å². The summed E-state index contributed by atoms with van der Waals surface area (Å²) in [6.45, 7) is 9.59. The lowest BCUT2D eigenvalue weighted by molar-refractivity contribution is 0.335. The van der Waals surface area contributed by atoms with Crippen LogP contribution in [0.5, 0.6) is 5.75 Å². The predicted octanol–water partition coefficient (Wildman–Crippen LogP) is 8.93. The van der Waals surface area contributed by atoms with Gasteiger partial charge >= 0.3 is 0 Å². The van der Waals surface area contributed by atoms with Crippen LogP contribution in [0.4, 0.5) is 0 Å². The third-order valence-electron chi connectivity index (χ3n) is 8.63. The third-order valence-corrected chi connectivity index (χ3v) is 8.63. The first kappa shape index (κ1) is 29.2. The Labute approximate surface area is 268 Å². The summed E-state index contributed by atoms with van der Waals surface area (Å²) in [4.78, 5) is 19.1. The molecule has 7 rings (SSSR count). The molecule has 0 atom stereocenters. The Morgan fingerprint density at radius 3 is 2.39 bits per heavy atom. The van der Waals surface area contributed by atoms with Gasteiger partial charge in [-0.2, -0.15) is 9.78 Å². The van der Waals surface area contributed by atoms with Crippen LogP contribution in [0, 0.1) is 6.92 Å². The maximum absolute atomic E-state index is 14.1. The molecule has 0 aliphatic heterocycles. The van der Waals surface area contributed by atoms with Crippen LogP contribution in [0.3, 0.4) is 0 Å². The summed E-state index contributed by atoms with van der Waals surface area (Å²) in [5.74, 6) is 1.58. The minimum absolute atomic E-state index is 0.212. The summed E-state index contributed by atoms with van der Waals surface area (Å²) >= 11 is 0. The summed E-state index contributed by atoms with van der Waals surface area (Å²) in [5, 5.41) is 8.92. The molecule has 6 nitrogen and oxygen atoms in total. The van der Waals surface area contributed by atoms with Crippen molar-refractivity contribution in [3.8, 4) is 17.1 Å². The van der Waals surface area contributed by atoms with Gasteiger partial charge in [-0.25, -0.2) is 4.98 Å². The second-order valence-corrected chi connectivity index (χ2v) is 12.0. The summed E-state index contributed by atoms with van der Waals surface area (Å²) < 4.78 is 9.69. The van der Waals surface area contributed by atoms with Gasteiger partial charge in [-0.1, -0.05) is 86.6 Å². The molecule has 6 heteroatoms. The van der Waals surface area contributed by atoms with Gasteiger partial charge in [-0.3, -0.25) is 4.79 Å². The Morgan fingerprint density at radius 2 is 1.59 bits per heavy atom. The molecule has 46 heavy (non-hydrogen) atoms. The number of aromatic nitrogens is 3. The maximum Gasteiger partial charge on any atom is 0.282 e. The third kappa shape index (κ3) is 5.26. The number of nitrogens with zero attached hydrogens (tertiary/aromatic N) is 4. The van der Waals surface area contributed by atoms with Crippen molar-refractivity contribution in [3.63, 3.8) is 0 Å². The second kappa shape index (κ2) is 12.1. The van der Waals surface area contributed by atoms with E-state index in [1.165, 1.54) is 21.0 Å². The number of ether oxygens (including phenoxy) is 1. The van der Waals surface area contributed by atoms with Gasteiger partial charge in [-0.05, 0) is 77.6 Å². The van der Waals surface area contributed by atoms with Crippen LogP contribution in [0.15, 0.2) is 119 Å². The molecule has 0 aliphatic rings. The number of hydrogen-bond donors (Lipinski definition) is 0. The highest BCUT2D eigenvalue weighted by atomic mass is 16.5. The van der Waals surface area contributed by atoms with Gasteiger partial charge in [0.25, 0.3) is 5.56 Å². The molecule has 0 saturated carbocycles. The van der Waals surface area contributed by atoms with Crippen LogP contribution in [0.1, 0.15) is 48.9 Å². The highest BCUT2D eigenvalue weighted by molar-refractivity contribution is 5.99. The number of hydrogen-bond acceptors (Lipinski definition) is 4. The Morgan fingerprint density at radius 1 is 0.870 bits per heavy atom. The Hall–Kier alpha value is -5.49. The molecule has 228 valence electrons. The highest BCUT2D eigenvalue weighted by Gasteiger charge is 2.19. The first-order valence-electron chi connectivity index (χ1n) is 15.8. The molecular weight excluding hydrogens is 568 g/mol. The lowest BCUT2D eigenvalue weighted by Crippen LogP contribution is -2.20. The van der Waals surface area contributed by atoms with Crippen LogP contribution in [0.25, 0.3) is 44.0 Å². The van der Waals surface area contributed by atoms with Crippen molar-refractivity contribution in [2.75, 3.05) is 6.61 Å². The normalized spacial score (nSPS) is 11.8. The van der Waals surface area contributed by atoms with E-state index in [0.717, 1.165) is 38.9 Å². The summed E-state index contributed by atoms with van der Waals surface area (Å²) in [6.07, 6.45) is 3.91. The Kier molecular flexibility index (Phi) is 7.71. The first-order valence-corrected chi connectivity index (χ1v) is 15.8. The predicted molar refractivity (Wildman–Crippen MR) is 189 cm³/mol. The van der Waals surface area contributed by atoms with Crippen molar-refractivity contribution >= 4 is 38.8 Å². The number of aryl methyl sites for hydroxylation is 1. The number of rotatable bonds is 8. The fourth-order valence-electron chi connectivity index (χ4n) is 6.32. The van der Waals surface area contributed by atoms with Crippen molar-refractivity contribution < 1.29 is 4.74 Å². The molecule has 2 aromatic heterocycles. The van der Waals surface area contributed by atoms with E-state index in [1.807, 2.05) is 44.2 Å². The number of para-hydroxylation sites is 2. The summed E-state index contributed by atoms with van der Waals surface area (Å²) in [7, 11) is 0. The molecule has 0 amide bonds. The van der Waals surface area contributed by atoms with Crippen LogP contribution in [0.2, 0.25) is 0 Å². The minimum atomic E-state index is -0.212. The Balaban J connectivity index is 1.38.